The lowest BCUT2D eigenvalue weighted by molar-refractivity contribution is -0.143. The van der Waals surface area contributed by atoms with Gasteiger partial charge in [0.25, 0.3) is 10.1 Å². The van der Waals surface area contributed by atoms with Gasteiger partial charge in [0, 0.05) is 17.7 Å². The number of Topliss-reactive ketones (excluding diaryl/α,β-unsaturated/α-hetero) is 1. The summed E-state index contributed by atoms with van der Waals surface area (Å²) in [6, 6.07) is 8.02. The lowest BCUT2D eigenvalue weighted by atomic mass is 9.86. The van der Waals surface area contributed by atoms with Gasteiger partial charge in [-0.1, -0.05) is 18.2 Å². The Kier molecular flexibility index (Phi) is 10.8. The minimum absolute atomic E-state index is 0.0277. The van der Waals surface area contributed by atoms with Gasteiger partial charge in [0.1, 0.15) is 23.7 Å². The zero-order valence-corrected chi connectivity index (χ0v) is 25.3. The van der Waals surface area contributed by atoms with E-state index in [1.165, 1.54) is 56.3 Å². The average molecular weight is 659 g/mol. The van der Waals surface area contributed by atoms with Crippen LogP contribution in [0.5, 0.6) is 5.75 Å². The van der Waals surface area contributed by atoms with Crippen LogP contribution in [0.15, 0.2) is 70.3 Å². The molecule has 0 radical (unpaired) electrons. The molecule has 0 atom stereocenters. The number of carbonyl (C=O) groups excluding carboxylic acids is 1. The number of carbonyl (C=O) groups is 5. The number of nitrogens with zero attached hydrogens (tertiary/aromatic N) is 2. The van der Waals surface area contributed by atoms with Gasteiger partial charge in [-0.25, -0.2) is 0 Å². The van der Waals surface area contributed by atoms with Crippen LogP contribution in [-0.4, -0.2) is 104 Å². The van der Waals surface area contributed by atoms with E-state index in [0.29, 0.717) is 0 Å². The molecule has 3 rings (SSSR count). The second-order valence-corrected chi connectivity index (χ2v) is 11.8. The fourth-order valence-corrected chi connectivity index (χ4v) is 5.67. The second-order valence-electron chi connectivity index (χ2n) is 10.4. The highest BCUT2D eigenvalue weighted by atomic mass is 32.2. The predicted molar refractivity (Wildman–Crippen MR) is 159 cm³/mol. The quantitative estimate of drug-likeness (QED) is 0.158. The third-order valence-electron chi connectivity index (χ3n) is 6.75. The minimum atomic E-state index is -4.88. The molecule has 244 valence electrons. The second kappa shape index (κ2) is 14.2. The van der Waals surface area contributed by atoms with Crippen LogP contribution in [0.1, 0.15) is 29.2 Å². The zero-order chi connectivity index (χ0) is 34.5. The molecule has 0 fully saturated rings. The van der Waals surface area contributed by atoms with Gasteiger partial charge in [-0.05, 0) is 72.0 Å². The molecule has 16 heteroatoms. The number of carboxylic acid groups (broad SMARTS) is 4. The normalized spacial score (nSPS) is 14.4. The summed E-state index contributed by atoms with van der Waals surface area (Å²) in [5.74, 6) is -6.56. The van der Waals surface area contributed by atoms with Crippen molar-refractivity contribution in [2.24, 2.45) is 0 Å². The van der Waals surface area contributed by atoms with Crippen molar-refractivity contribution in [2.75, 3.05) is 26.2 Å². The van der Waals surface area contributed by atoms with E-state index in [1.807, 2.05) is 0 Å². The standard InChI is InChI=1S/C30H30N2O13S/c1-16-7-18(9-20(29(16)41)11-31(12-24(33)34)13-25(35)36)28(21-5-3-4-6-23(21)46(43,44)45)19-8-17(2)30(42)22(10-19)32(14-26(37)38)15-27(39)40/h3-10,41H,11-15H2,1-2H3,(H,33,34)(H,35,36)(H,37,38)(H,39,40)(H,43,44,45). The Morgan fingerprint density at radius 1 is 0.804 bits per heavy atom. The lowest BCUT2D eigenvalue weighted by Crippen LogP contribution is -2.37. The van der Waals surface area contributed by atoms with Crippen molar-refractivity contribution in [2.45, 2.75) is 25.3 Å². The first kappa shape index (κ1) is 35.2. The van der Waals surface area contributed by atoms with Crippen molar-refractivity contribution >= 4 is 45.4 Å². The highest BCUT2D eigenvalue weighted by Crippen LogP contribution is 2.38. The molecule has 1 aliphatic carbocycles. The molecule has 0 unspecified atom stereocenters. The van der Waals surface area contributed by atoms with Gasteiger partial charge < -0.3 is 30.4 Å². The van der Waals surface area contributed by atoms with Gasteiger partial charge in [-0.3, -0.25) is 33.4 Å². The van der Waals surface area contributed by atoms with Crippen molar-refractivity contribution in [3.8, 4) is 5.75 Å². The summed E-state index contributed by atoms with van der Waals surface area (Å²) in [6.45, 7) is -0.654. The molecule has 0 heterocycles. The molecule has 0 aromatic heterocycles. The number of rotatable bonds is 14. The van der Waals surface area contributed by atoms with Crippen molar-refractivity contribution in [1.82, 2.24) is 9.80 Å². The van der Waals surface area contributed by atoms with Gasteiger partial charge in [-0.15, -0.1) is 0 Å². The maximum atomic E-state index is 13.2. The fraction of sp³-hybridized carbons (Fsp3) is 0.233. The monoisotopic (exact) mass is 658 g/mol. The summed E-state index contributed by atoms with van der Waals surface area (Å²) in [5.41, 5.74) is 0.153. The van der Waals surface area contributed by atoms with Crippen LogP contribution >= 0.6 is 0 Å². The Labute approximate surface area is 262 Å². The third-order valence-corrected chi connectivity index (χ3v) is 7.66. The molecular formula is C30H30N2O13S. The Morgan fingerprint density at radius 3 is 1.87 bits per heavy atom. The van der Waals surface area contributed by atoms with Crippen molar-refractivity contribution in [1.29, 1.82) is 0 Å². The van der Waals surface area contributed by atoms with E-state index in [1.54, 1.807) is 0 Å². The van der Waals surface area contributed by atoms with Crippen molar-refractivity contribution in [3.05, 3.63) is 87.6 Å². The van der Waals surface area contributed by atoms with E-state index in [9.17, 15) is 62.5 Å². The Balaban J connectivity index is 2.45. The summed E-state index contributed by atoms with van der Waals surface area (Å²) in [6.07, 6.45) is 2.53. The number of allylic oxidation sites excluding steroid dienone is 4. The van der Waals surface area contributed by atoms with Crippen LogP contribution < -0.4 is 0 Å². The van der Waals surface area contributed by atoms with Crippen LogP contribution in [0.4, 0.5) is 0 Å². The molecule has 0 spiro atoms. The maximum absolute atomic E-state index is 13.2. The molecule has 0 amide bonds. The molecule has 0 bridgehead atoms. The van der Waals surface area contributed by atoms with Crippen LogP contribution in [0.2, 0.25) is 0 Å². The maximum Gasteiger partial charge on any atom is 0.323 e. The number of hydrogen-bond donors (Lipinski definition) is 6. The third kappa shape index (κ3) is 8.65. The molecule has 46 heavy (non-hydrogen) atoms. The molecule has 1 aliphatic rings. The van der Waals surface area contributed by atoms with Crippen LogP contribution in [0, 0.1) is 6.92 Å². The Bertz CT molecular complexity index is 1790. The molecule has 6 N–H and O–H groups in total. The SMILES string of the molecule is CC1=CC(=C(c2cc(C)c(O)c(CN(CC(=O)O)CC(=O)O)c2)c2ccccc2S(=O)(=O)O)C=C(N(CC(=O)O)CC(=O)O)C1=O. The molecule has 2 aromatic rings. The average Bonchev–Trinajstić information content (AvgIpc) is 2.91. The zero-order valence-electron chi connectivity index (χ0n) is 24.5. The van der Waals surface area contributed by atoms with E-state index in [4.69, 9.17) is 0 Å². The first-order valence-electron chi connectivity index (χ1n) is 13.3. The van der Waals surface area contributed by atoms with Gasteiger partial charge in [0.05, 0.1) is 18.8 Å². The number of aromatic hydroxyl groups is 1. The van der Waals surface area contributed by atoms with E-state index in [-0.39, 0.29) is 57.0 Å². The number of hydrogen-bond acceptors (Lipinski definition) is 10. The summed E-state index contributed by atoms with van der Waals surface area (Å²) < 4.78 is 35.1. The van der Waals surface area contributed by atoms with Gasteiger partial charge in [0.15, 0.2) is 0 Å². The Morgan fingerprint density at radius 2 is 1.35 bits per heavy atom. The highest BCUT2D eigenvalue weighted by Gasteiger charge is 2.29. The molecule has 15 nitrogen and oxygen atoms in total. The van der Waals surface area contributed by atoms with Crippen molar-refractivity contribution < 1.29 is 62.5 Å². The van der Waals surface area contributed by atoms with E-state index in [0.717, 1.165) is 15.9 Å². The topological polar surface area (TPSA) is 247 Å². The number of benzene rings is 2. The molecular weight excluding hydrogens is 628 g/mol. The van der Waals surface area contributed by atoms with Gasteiger partial charge in [-0.2, -0.15) is 8.42 Å². The number of phenols is 1. The largest absolute Gasteiger partial charge is 0.507 e. The smallest absolute Gasteiger partial charge is 0.323 e. The molecule has 0 aliphatic heterocycles. The number of ketones is 1. The number of aryl methyl sites for hydroxylation is 1. The van der Waals surface area contributed by atoms with Crippen LogP contribution in [-0.2, 0) is 40.6 Å². The minimum Gasteiger partial charge on any atom is -0.507 e. The number of carboxylic acids is 4. The van der Waals surface area contributed by atoms with Crippen LogP contribution in [0.3, 0.4) is 0 Å². The summed E-state index contributed by atoms with van der Waals surface area (Å²) in [4.78, 5) is 60.4. The predicted octanol–water partition coefficient (Wildman–Crippen LogP) is 1.60. The fourth-order valence-electron chi connectivity index (χ4n) is 4.97. The highest BCUT2D eigenvalue weighted by molar-refractivity contribution is 7.86. The van der Waals surface area contributed by atoms with Crippen LogP contribution in [0.25, 0.3) is 5.57 Å². The number of aliphatic carboxylic acids is 4. The number of phenolic OH excluding ortho intramolecular Hbond substituents is 1. The summed E-state index contributed by atoms with van der Waals surface area (Å²) >= 11 is 0. The van der Waals surface area contributed by atoms with Gasteiger partial charge in [0.2, 0.25) is 5.78 Å². The lowest BCUT2D eigenvalue weighted by Gasteiger charge is -2.27. The summed E-state index contributed by atoms with van der Waals surface area (Å²) in [7, 11) is -4.88. The first-order valence-corrected chi connectivity index (χ1v) is 14.8. The first-order chi connectivity index (χ1) is 21.4. The van der Waals surface area contributed by atoms with Crippen molar-refractivity contribution in [3.63, 3.8) is 0 Å². The van der Waals surface area contributed by atoms with E-state index in [2.05, 4.69) is 0 Å². The van der Waals surface area contributed by atoms with Gasteiger partial charge >= 0.3 is 23.9 Å². The molecule has 0 saturated carbocycles. The molecule has 2 aromatic carbocycles. The van der Waals surface area contributed by atoms with E-state index < -0.39 is 70.9 Å². The summed E-state index contributed by atoms with van der Waals surface area (Å²) in [5, 5.41) is 48.3. The Hall–Kier alpha value is -5.32. The molecule has 0 saturated heterocycles. The van der Waals surface area contributed by atoms with E-state index >= 15 is 0 Å².